The molecule has 0 aromatic carbocycles. The molecule has 0 rings (SSSR count). The lowest BCUT2D eigenvalue weighted by atomic mass is 9.79. The van der Waals surface area contributed by atoms with Gasteiger partial charge in [0.15, 0.2) is 0 Å². The summed E-state index contributed by atoms with van der Waals surface area (Å²) in [6.45, 7) is 4.07. The first-order valence-electron chi connectivity index (χ1n) is 5.64. The van der Waals surface area contributed by atoms with Crippen molar-refractivity contribution in [2.24, 2.45) is 11.7 Å². The van der Waals surface area contributed by atoms with Gasteiger partial charge in [-0.25, -0.2) is 0 Å². The monoisotopic (exact) mass is 217 g/mol. The highest BCUT2D eigenvalue weighted by Gasteiger charge is 2.36. The summed E-state index contributed by atoms with van der Waals surface area (Å²) in [7, 11) is 0. The standard InChI is InChI=1S/C11H23NO3/c1-3-5-9(6-4-2)11(15,8-12)7-10(13)14/h9,15H,3-8,12H2,1-2H3,(H,13,14). The van der Waals surface area contributed by atoms with E-state index in [1.54, 1.807) is 0 Å². The lowest BCUT2D eigenvalue weighted by molar-refractivity contribution is -0.145. The van der Waals surface area contributed by atoms with Crippen LogP contribution in [0, 0.1) is 5.92 Å². The zero-order valence-corrected chi connectivity index (χ0v) is 9.70. The van der Waals surface area contributed by atoms with E-state index in [9.17, 15) is 9.90 Å². The Bertz CT molecular complexity index is 190. The van der Waals surface area contributed by atoms with Crippen LogP contribution < -0.4 is 5.73 Å². The second-order valence-electron chi connectivity index (χ2n) is 4.15. The van der Waals surface area contributed by atoms with Gasteiger partial charge < -0.3 is 15.9 Å². The molecule has 90 valence electrons. The zero-order chi connectivity index (χ0) is 11.9. The van der Waals surface area contributed by atoms with Crippen LogP contribution >= 0.6 is 0 Å². The van der Waals surface area contributed by atoms with Gasteiger partial charge in [-0.3, -0.25) is 4.79 Å². The summed E-state index contributed by atoms with van der Waals surface area (Å²) in [6, 6.07) is 0. The molecule has 0 bridgehead atoms. The van der Waals surface area contributed by atoms with Crippen LogP contribution in [-0.2, 0) is 4.79 Å². The van der Waals surface area contributed by atoms with E-state index in [0.717, 1.165) is 25.7 Å². The van der Waals surface area contributed by atoms with E-state index in [0.29, 0.717) is 0 Å². The molecule has 1 atom stereocenters. The van der Waals surface area contributed by atoms with Gasteiger partial charge >= 0.3 is 5.97 Å². The minimum atomic E-state index is -1.24. The van der Waals surface area contributed by atoms with Crippen molar-refractivity contribution in [3.05, 3.63) is 0 Å². The Morgan fingerprint density at radius 3 is 2.07 bits per heavy atom. The van der Waals surface area contributed by atoms with Crippen molar-refractivity contribution < 1.29 is 15.0 Å². The molecule has 4 heteroatoms. The number of hydrogen-bond donors (Lipinski definition) is 3. The number of aliphatic carboxylic acids is 1. The molecule has 4 N–H and O–H groups in total. The van der Waals surface area contributed by atoms with Crippen LogP contribution in [0.25, 0.3) is 0 Å². The summed E-state index contributed by atoms with van der Waals surface area (Å²) < 4.78 is 0. The van der Waals surface area contributed by atoms with Crippen molar-refractivity contribution in [3.8, 4) is 0 Å². The highest BCUT2D eigenvalue weighted by atomic mass is 16.4. The van der Waals surface area contributed by atoms with Crippen molar-refractivity contribution in [1.82, 2.24) is 0 Å². The Morgan fingerprint density at radius 1 is 1.33 bits per heavy atom. The molecule has 0 aliphatic heterocycles. The van der Waals surface area contributed by atoms with Gasteiger partial charge in [0.1, 0.15) is 0 Å². The summed E-state index contributed by atoms with van der Waals surface area (Å²) >= 11 is 0. The fourth-order valence-corrected chi connectivity index (χ4v) is 2.02. The predicted octanol–water partition coefficient (Wildman–Crippen LogP) is 1.37. The normalized spacial score (nSPS) is 15.3. The van der Waals surface area contributed by atoms with Gasteiger partial charge in [-0.2, -0.15) is 0 Å². The van der Waals surface area contributed by atoms with Crippen LogP contribution in [0.3, 0.4) is 0 Å². The van der Waals surface area contributed by atoms with E-state index in [1.807, 2.05) is 13.8 Å². The molecule has 4 nitrogen and oxygen atoms in total. The minimum absolute atomic E-state index is 0.00593. The van der Waals surface area contributed by atoms with E-state index in [1.165, 1.54) is 0 Å². The van der Waals surface area contributed by atoms with Gasteiger partial charge in [0.2, 0.25) is 0 Å². The third-order valence-electron chi connectivity index (χ3n) is 2.85. The van der Waals surface area contributed by atoms with Crippen LogP contribution in [-0.4, -0.2) is 28.3 Å². The molecule has 0 aliphatic carbocycles. The zero-order valence-electron chi connectivity index (χ0n) is 9.70. The van der Waals surface area contributed by atoms with E-state index < -0.39 is 11.6 Å². The molecule has 0 fully saturated rings. The van der Waals surface area contributed by atoms with Crippen molar-refractivity contribution in [3.63, 3.8) is 0 Å². The fraction of sp³-hybridized carbons (Fsp3) is 0.909. The second kappa shape index (κ2) is 6.80. The van der Waals surface area contributed by atoms with Crippen LogP contribution in [0.5, 0.6) is 0 Å². The maximum atomic E-state index is 10.7. The molecule has 15 heavy (non-hydrogen) atoms. The third-order valence-corrected chi connectivity index (χ3v) is 2.85. The smallest absolute Gasteiger partial charge is 0.306 e. The highest BCUT2D eigenvalue weighted by Crippen LogP contribution is 2.29. The minimum Gasteiger partial charge on any atom is -0.481 e. The number of carboxylic acids is 1. The van der Waals surface area contributed by atoms with Crippen molar-refractivity contribution in [1.29, 1.82) is 0 Å². The second-order valence-corrected chi connectivity index (χ2v) is 4.15. The quantitative estimate of drug-likeness (QED) is 0.573. The molecule has 0 heterocycles. The first-order valence-corrected chi connectivity index (χ1v) is 5.64. The number of carbonyl (C=O) groups is 1. The van der Waals surface area contributed by atoms with Gasteiger partial charge in [0, 0.05) is 6.54 Å². The van der Waals surface area contributed by atoms with E-state index >= 15 is 0 Å². The largest absolute Gasteiger partial charge is 0.481 e. The van der Waals surface area contributed by atoms with Crippen LogP contribution in [0.4, 0.5) is 0 Å². The Hall–Kier alpha value is -0.610. The van der Waals surface area contributed by atoms with Crippen molar-refractivity contribution in [2.45, 2.75) is 51.6 Å². The van der Waals surface area contributed by atoms with Gasteiger partial charge in [-0.05, 0) is 18.8 Å². The number of nitrogens with two attached hydrogens (primary N) is 1. The van der Waals surface area contributed by atoms with Crippen LogP contribution in [0.1, 0.15) is 46.0 Å². The molecular formula is C11H23NO3. The average molecular weight is 217 g/mol. The van der Waals surface area contributed by atoms with E-state index in [2.05, 4.69) is 0 Å². The molecule has 0 aromatic heterocycles. The summed E-state index contributed by atoms with van der Waals surface area (Å²) in [5, 5.41) is 19.0. The molecule has 0 aliphatic rings. The van der Waals surface area contributed by atoms with E-state index in [4.69, 9.17) is 10.8 Å². The summed E-state index contributed by atoms with van der Waals surface area (Å²) in [4.78, 5) is 10.7. The van der Waals surface area contributed by atoms with Crippen molar-refractivity contribution in [2.75, 3.05) is 6.54 Å². The predicted molar refractivity (Wildman–Crippen MR) is 59.6 cm³/mol. The lowest BCUT2D eigenvalue weighted by Crippen LogP contribution is -2.46. The number of aliphatic hydroxyl groups is 1. The van der Waals surface area contributed by atoms with Gasteiger partial charge in [-0.1, -0.05) is 26.7 Å². The Kier molecular flexibility index (Phi) is 6.52. The summed E-state index contributed by atoms with van der Waals surface area (Å²) in [6.07, 6.45) is 3.27. The number of carboxylic acid groups (broad SMARTS) is 1. The lowest BCUT2D eigenvalue weighted by Gasteiger charge is -2.34. The molecule has 1 unspecified atom stereocenters. The maximum Gasteiger partial charge on any atom is 0.306 e. The maximum absolute atomic E-state index is 10.7. The molecule has 0 spiro atoms. The SMILES string of the molecule is CCCC(CCC)C(O)(CN)CC(=O)O. The molecular weight excluding hydrogens is 194 g/mol. The van der Waals surface area contributed by atoms with Gasteiger partial charge in [0.25, 0.3) is 0 Å². The fourth-order valence-electron chi connectivity index (χ4n) is 2.02. The van der Waals surface area contributed by atoms with Crippen LogP contribution in [0.2, 0.25) is 0 Å². The Balaban J connectivity index is 4.59. The van der Waals surface area contributed by atoms with Gasteiger partial charge in [0.05, 0.1) is 12.0 Å². The molecule has 0 amide bonds. The van der Waals surface area contributed by atoms with Crippen LogP contribution in [0.15, 0.2) is 0 Å². The first-order chi connectivity index (χ1) is 7.00. The molecule has 0 aromatic rings. The Morgan fingerprint density at radius 2 is 1.80 bits per heavy atom. The molecule has 0 radical (unpaired) electrons. The van der Waals surface area contributed by atoms with Gasteiger partial charge in [-0.15, -0.1) is 0 Å². The van der Waals surface area contributed by atoms with Crippen molar-refractivity contribution >= 4 is 5.97 Å². The number of rotatable bonds is 8. The summed E-state index contributed by atoms with van der Waals surface area (Å²) in [5.74, 6) is -0.992. The first kappa shape index (κ1) is 14.4. The topological polar surface area (TPSA) is 83.5 Å². The highest BCUT2D eigenvalue weighted by molar-refractivity contribution is 5.68. The average Bonchev–Trinajstić information content (AvgIpc) is 2.16. The number of hydrogen-bond acceptors (Lipinski definition) is 3. The Labute approximate surface area is 91.5 Å². The van der Waals surface area contributed by atoms with E-state index in [-0.39, 0.29) is 18.9 Å². The molecule has 0 saturated heterocycles. The summed E-state index contributed by atoms with van der Waals surface area (Å²) in [5.41, 5.74) is 4.27. The third kappa shape index (κ3) is 4.62. The molecule has 0 saturated carbocycles.